The second kappa shape index (κ2) is 6.84. The fourth-order valence-electron chi connectivity index (χ4n) is 2.60. The lowest BCUT2D eigenvalue weighted by Crippen LogP contribution is -2.39. The van der Waals surface area contributed by atoms with E-state index in [0.717, 1.165) is 5.56 Å². The van der Waals surface area contributed by atoms with Gasteiger partial charge in [0, 0.05) is 30.2 Å². The summed E-state index contributed by atoms with van der Waals surface area (Å²) in [6.45, 7) is 1.80. The number of nitrogens with zero attached hydrogens (tertiary/aromatic N) is 1. The summed E-state index contributed by atoms with van der Waals surface area (Å²) in [5.74, 6) is -0.695. The molecule has 2 aromatic rings. The van der Waals surface area contributed by atoms with E-state index in [0.29, 0.717) is 30.6 Å². The van der Waals surface area contributed by atoms with Crippen LogP contribution in [0.2, 0.25) is 0 Å². The summed E-state index contributed by atoms with van der Waals surface area (Å²) >= 11 is 0. The lowest BCUT2D eigenvalue weighted by molar-refractivity contribution is -0.134. The van der Waals surface area contributed by atoms with Crippen molar-refractivity contribution in [2.24, 2.45) is 5.41 Å². The average Bonchev–Trinajstić information content (AvgIpc) is 3.43. The largest absolute Gasteiger partial charge is 0.351 e. The Hall–Kier alpha value is -3.02. The molecule has 1 aromatic heterocycles. The van der Waals surface area contributed by atoms with Crippen LogP contribution in [0.1, 0.15) is 35.7 Å². The second-order valence-electron chi connectivity index (χ2n) is 6.22. The van der Waals surface area contributed by atoms with Crippen LogP contribution >= 0.6 is 0 Å². The number of nitrogens with one attached hydrogen (secondary N) is 2. The van der Waals surface area contributed by atoms with Crippen LogP contribution in [0.4, 0.5) is 5.69 Å². The normalized spacial score (nSPS) is 14.4. The van der Waals surface area contributed by atoms with Crippen molar-refractivity contribution >= 4 is 23.3 Å². The Bertz CT molecular complexity index is 814. The third-order valence-corrected chi connectivity index (χ3v) is 4.32. The molecule has 6 nitrogen and oxygen atoms in total. The summed E-state index contributed by atoms with van der Waals surface area (Å²) in [5, 5.41) is 5.56. The van der Waals surface area contributed by atoms with Crippen molar-refractivity contribution in [1.29, 1.82) is 0 Å². The van der Waals surface area contributed by atoms with Gasteiger partial charge in [0.1, 0.15) is 5.41 Å². The van der Waals surface area contributed by atoms with E-state index < -0.39 is 5.41 Å². The molecule has 6 heteroatoms. The number of anilines is 1. The third kappa shape index (κ3) is 3.74. The number of hydrogen-bond donors (Lipinski definition) is 2. The smallest absolute Gasteiger partial charge is 0.240 e. The van der Waals surface area contributed by atoms with E-state index in [1.807, 2.05) is 6.07 Å². The van der Waals surface area contributed by atoms with Gasteiger partial charge in [-0.05, 0) is 43.5 Å². The molecule has 0 atom stereocenters. The molecular weight excluding hydrogens is 318 g/mol. The van der Waals surface area contributed by atoms with E-state index >= 15 is 0 Å². The standard InChI is InChI=1S/C19H19N3O3/c1-13(23)15-5-2-6-16(10-15)22-18(25)19(7-8-19)17(24)21-12-14-4-3-9-20-11-14/h2-6,9-11H,7-8,12H2,1H3,(H,21,24)(H,22,25). The SMILES string of the molecule is CC(=O)c1cccc(NC(=O)C2(C(=O)NCc3cccnc3)CC2)c1. The number of amides is 2. The van der Waals surface area contributed by atoms with Crippen molar-refractivity contribution < 1.29 is 14.4 Å². The molecule has 2 N–H and O–H groups in total. The van der Waals surface area contributed by atoms with Crippen LogP contribution in [-0.4, -0.2) is 22.6 Å². The van der Waals surface area contributed by atoms with Crippen LogP contribution in [0.15, 0.2) is 48.8 Å². The summed E-state index contributed by atoms with van der Waals surface area (Å²) in [7, 11) is 0. The van der Waals surface area contributed by atoms with E-state index in [1.165, 1.54) is 6.92 Å². The number of ketones is 1. The van der Waals surface area contributed by atoms with Crippen molar-refractivity contribution in [1.82, 2.24) is 10.3 Å². The molecule has 1 saturated carbocycles. The highest BCUT2D eigenvalue weighted by molar-refractivity contribution is 6.13. The molecule has 3 rings (SSSR count). The first-order valence-corrected chi connectivity index (χ1v) is 8.11. The lowest BCUT2D eigenvalue weighted by Gasteiger charge is -2.15. The molecule has 0 radical (unpaired) electrons. The number of Topliss-reactive ketones (excluding diaryl/α,β-unsaturated/α-hetero) is 1. The van der Waals surface area contributed by atoms with Crippen molar-refractivity contribution in [3.8, 4) is 0 Å². The molecule has 0 bridgehead atoms. The molecule has 25 heavy (non-hydrogen) atoms. The number of carbonyl (C=O) groups is 3. The molecular formula is C19H19N3O3. The summed E-state index contributed by atoms with van der Waals surface area (Å²) in [6, 6.07) is 10.4. The number of rotatable bonds is 6. The molecule has 128 valence electrons. The summed E-state index contributed by atoms with van der Waals surface area (Å²) in [5.41, 5.74) is 0.892. The van der Waals surface area contributed by atoms with E-state index in [1.54, 1.807) is 42.7 Å². The van der Waals surface area contributed by atoms with Crippen molar-refractivity contribution in [2.75, 3.05) is 5.32 Å². The van der Waals surface area contributed by atoms with Crippen molar-refractivity contribution in [3.63, 3.8) is 0 Å². The number of pyridine rings is 1. The topological polar surface area (TPSA) is 88.2 Å². The molecule has 1 aliphatic rings. The highest BCUT2D eigenvalue weighted by atomic mass is 16.2. The summed E-state index contributed by atoms with van der Waals surface area (Å²) in [6.07, 6.45) is 4.37. The van der Waals surface area contributed by atoms with Gasteiger partial charge in [0.25, 0.3) is 0 Å². The maximum atomic E-state index is 12.6. The van der Waals surface area contributed by atoms with Crippen LogP contribution in [0.3, 0.4) is 0 Å². The van der Waals surface area contributed by atoms with Gasteiger partial charge >= 0.3 is 0 Å². The van der Waals surface area contributed by atoms with Crippen LogP contribution in [-0.2, 0) is 16.1 Å². The van der Waals surface area contributed by atoms with Gasteiger partial charge in [-0.1, -0.05) is 18.2 Å². The van der Waals surface area contributed by atoms with Gasteiger partial charge in [-0.2, -0.15) is 0 Å². The number of aromatic nitrogens is 1. The fourth-order valence-corrected chi connectivity index (χ4v) is 2.60. The maximum Gasteiger partial charge on any atom is 0.240 e. The van der Waals surface area contributed by atoms with E-state index in [4.69, 9.17) is 0 Å². The number of benzene rings is 1. The molecule has 0 unspecified atom stereocenters. The molecule has 0 aliphatic heterocycles. The Kier molecular flexibility index (Phi) is 4.61. The van der Waals surface area contributed by atoms with Crippen LogP contribution in [0, 0.1) is 5.41 Å². The van der Waals surface area contributed by atoms with E-state index in [9.17, 15) is 14.4 Å². The molecule has 0 saturated heterocycles. The first kappa shape index (κ1) is 16.8. The Morgan fingerprint density at radius 2 is 1.92 bits per heavy atom. The minimum Gasteiger partial charge on any atom is -0.351 e. The lowest BCUT2D eigenvalue weighted by atomic mass is 10.0. The van der Waals surface area contributed by atoms with Gasteiger partial charge in [-0.3, -0.25) is 19.4 Å². The predicted octanol–water partition coefficient (Wildman–Crippen LogP) is 2.32. The highest BCUT2D eigenvalue weighted by Gasteiger charge is 2.56. The Morgan fingerprint density at radius 1 is 1.12 bits per heavy atom. The average molecular weight is 337 g/mol. The first-order valence-electron chi connectivity index (χ1n) is 8.11. The quantitative estimate of drug-likeness (QED) is 0.625. The molecule has 1 aliphatic carbocycles. The fraction of sp³-hybridized carbons (Fsp3) is 0.263. The third-order valence-electron chi connectivity index (χ3n) is 4.32. The minimum atomic E-state index is -1.02. The van der Waals surface area contributed by atoms with Crippen LogP contribution in [0.25, 0.3) is 0 Å². The Labute approximate surface area is 145 Å². The Morgan fingerprint density at radius 3 is 2.56 bits per heavy atom. The summed E-state index contributed by atoms with van der Waals surface area (Å²) < 4.78 is 0. The first-order chi connectivity index (χ1) is 12.0. The predicted molar refractivity (Wildman–Crippen MR) is 92.8 cm³/mol. The summed E-state index contributed by atoms with van der Waals surface area (Å²) in [4.78, 5) is 40.5. The number of carbonyl (C=O) groups excluding carboxylic acids is 3. The van der Waals surface area contributed by atoms with Gasteiger partial charge < -0.3 is 10.6 Å². The van der Waals surface area contributed by atoms with E-state index in [-0.39, 0.29) is 17.6 Å². The molecule has 2 amide bonds. The molecule has 1 heterocycles. The van der Waals surface area contributed by atoms with Gasteiger partial charge in [0.15, 0.2) is 5.78 Å². The zero-order valence-corrected chi connectivity index (χ0v) is 13.9. The van der Waals surface area contributed by atoms with Crippen LogP contribution < -0.4 is 10.6 Å². The molecule has 0 spiro atoms. The monoisotopic (exact) mass is 337 g/mol. The van der Waals surface area contributed by atoms with Crippen molar-refractivity contribution in [3.05, 3.63) is 59.9 Å². The molecule has 1 aromatic carbocycles. The van der Waals surface area contributed by atoms with E-state index in [2.05, 4.69) is 15.6 Å². The minimum absolute atomic E-state index is 0.0774. The highest BCUT2D eigenvalue weighted by Crippen LogP contribution is 2.46. The second-order valence-corrected chi connectivity index (χ2v) is 6.22. The maximum absolute atomic E-state index is 12.6. The molecule has 1 fully saturated rings. The van der Waals surface area contributed by atoms with Gasteiger partial charge in [0.05, 0.1) is 0 Å². The van der Waals surface area contributed by atoms with Gasteiger partial charge in [-0.25, -0.2) is 0 Å². The van der Waals surface area contributed by atoms with Gasteiger partial charge in [0.2, 0.25) is 11.8 Å². The zero-order valence-electron chi connectivity index (χ0n) is 13.9. The van der Waals surface area contributed by atoms with Gasteiger partial charge in [-0.15, -0.1) is 0 Å². The number of hydrogen-bond acceptors (Lipinski definition) is 4. The zero-order chi connectivity index (χ0) is 17.9. The van der Waals surface area contributed by atoms with Crippen LogP contribution in [0.5, 0.6) is 0 Å². The van der Waals surface area contributed by atoms with Crippen molar-refractivity contribution in [2.45, 2.75) is 26.3 Å². The Balaban J connectivity index is 1.64.